The minimum absolute atomic E-state index is 0. The van der Waals surface area contributed by atoms with Crippen LogP contribution in [0.25, 0.3) is 11.1 Å². The molecule has 0 heterocycles. The van der Waals surface area contributed by atoms with E-state index in [0.29, 0.717) is 0 Å². The van der Waals surface area contributed by atoms with Gasteiger partial charge < -0.3 is 29.2 Å². The zero-order valence-corrected chi connectivity index (χ0v) is 21.6. The first-order chi connectivity index (χ1) is 12.0. The van der Waals surface area contributed by atoms with Crippen molar-refractivity contribution in [3.05, 3.63) is 89.5 Å². The molecule has 0 N–H and O–H groups in total. The molecule has 0 amide bonds. The van der Waals surface area contributed by atoms with Gasteiger partial charge in [-0.2, -0.15) is 47.5 Å². The Morgan fingerprint density at radius 3 is 2.25 bits per heavy atom. The second kappa shape index (κ2) is 12.9. The van der Waals surface area contributed by atoms with Crippen LogP contribution in [0.4, 0.5) is 0 Å². The molecule has 3 aromatic rings. The number of rotatable bonds is 4. The van der Waals surface area contributed by atoms with E-state index in [1.165, 1.54) is 27.8 Å². The first kappa shape index (κ1) is 27.4. The van der Waals surface area contributed by atoms with Crippen LogP contribution in [-0.4, -0.2) is 14.9 Å². The molecule has 1 aliphatic rings. The zero-order chi connectivity index (χ0) is 17.7. The van der Waals surface area contributed by atoms with Crippen LogP contribution in [0.15, 0.2) is 66.7 Å². The van der Waals surface area contributed by atoms with Crippen molar-refractivity contribution in [1.82, 2.24) is 0 Å². The van der Waals surface area contributed by atoms with Gasteiger partial charge in [0, 0.05) is 6.61 Å². The van der Waals surface area contributed by atoms with Crippen molar-refractivity contribution < 1.29 is 55.4 Å². The van der Waals surface area contributed by atoms with E-state index in [9.17, 15) is 0 Å². The number of benzene rings is 2. The zero-order valence-electron chi connectivity index (χ0n) is 16.6. The van der Waals surface area contributed by atoms with Gasteiger partial charge >= 0.3 is 26.2 Å². The smallest absolute Gasteiger partial charge is 1.00 e. The van der Waals surface area contributed by atoms with Crippen LogP contribution in [-0.2, 0) is 43.5 Å². The molecule has 0 saturated carbocycles. The van der Waals surface area contributed by atoms with Crippen molar-refractivity contribution in [2.75, 3.05) is 6.61 Å². The van der Waals surface area contributed by atoms with Crippen molar-refractivity contribution in [2.24, 2.45) is 0 Å². The fourth-order valence-corrected chi connectivity index (χ4v) is 3.77. The van der Waals surface area contributed by atoms with Crippen LogP contribution in [0.5, 0.6) is 0 Å². The second-order valence-electron chi connectivity index (χ2n) is 7.40. The summed E-state index contributed by atoms with van der Waals surface area (Å²) in [7, 11) is -1.29. The van der Waals surface area contributed by atoms with Crippen molar-refractivity contribution in [3.8, 4) is 11.1 Å². The number of hydrogen-bond acceptors (Lipinski definition) is 1. The Bertz CT molecular complexity index is 770. The summed E-state index contributed by atoms with van der Waals surface area (Å²) >= 11 is 0. The summed E-state index contributed by atoms with van der Waals surface area (Å²) in [4.78, 5) is 0. The van der Waals surface area contributed by atoms with Gasteiger partial charge in [-0.25, -0.2) is 12.1 Å². The van der Waals surface area contributed by atoms with E-state index in [4.69, 9.17) is 4.43 Å². The Morgan fingerprint density at radius 1 is 0.929 bits per heavy atom. The van der Waals surface area contributed by atoms with E-state index >= 15 is 0 Å². The maximum absolute atomic E-state index is 5.74. The standard InChI is InChI=1S/C13H9.C10H17OSi.2ClH.Zr/c1-3-7-12-10(5-1)9-11-6-2-4-8-13(11)12;1-12(2,3)11-9-8-10-6-4-5-7-10;;;/h1-5,7-8H,9H2;4-7H,8-9H2,1-3H3;2*1H;/q2*-1;;;+4/p-2. The minimum atomic E-state index is -1.29. The Hall–Kier alpha value is -0.570. The molecule has 28 heavy (non-hydrogen) atoms. The molecular weight excluding hydrogens is 482 g/mol. The van der Waals surface area contributed by atoms with Gasteiger partial charge in [-0.1, -0.05) is 41.8 Å². The van der Waals surface area contributed by atoms with Gasteiger partial charge in [0.25, 0.3) is 0 Å². The molecule has 146 valence electrons. The molecule has 4 rings (SSSR count). The Balaban J connectivity index is 0.000000472. The molecule has 5 heteroatoms. The predicted octanol–water partition coefficient (Wildman–Crippen LogP) is -0.137. The normalized spacial score (nSPS) is 10.8. The summed E-state index contributed by atoms with van der Waals surface area (Å²) in [5.41, 5.74) is 6.89. The average Bonchev–Trinajstić information content (AvgIpc) is 3.21. The third-order valence-corrected chi connectivity index (χ3v) is 5.34. The fourth-order valence-electron chi connectivity index (χ4n) is 3.05. The van der Waals surface area contributed by atoms with Gasteiger partial charge in [-0.15, -0.1) is 5.56 Å². The van der Waals surface area contributed by atoms with Gasteiger partial charge in [0.1, 0.15) is 0 Å². The molecule has 0 aromatic heterocycles. The monoisotopic (exact) mass is 506 g/mol. The first-order valence-electron chi connectivity index (χ1n) is 8.95. The van der Waals surface area contributed by atoms with E-state index in [-0.39, 0.29) is 51.0 Å². The van der Waals surface area contributed by atoms with Crippen molar-refractivity contribution in [3.63, 3.8) is 0 Å². The largest absolute Gasteiger partial charge is 4.00 e. The predicted molar refractivity (Wildman–Crippen MR) is 109 cm³/mol. The molecule has 0 bridgehead atoms. The van der Waals surface area contributed by atoms with Crippen LogP contribution in [0.3, 0.4) is 0 Å². The van der Waals surface area contributed by atoms with Crippen LogP contribution < -0.4 is 24.8 Å². The van der Waals surface area contributed by atoms with E-state index in [1.807, 2.05) is 6.07 Å². The molecule has 0 atom stereocenters. The molecule has 0 aliphatic heterocycles. The molecule has 0 saturated heterocycles. The van der Waals surface area contributed by atoms with Gasteiger partial charge in [-0.3, -0.25) is 0 Å². The summed E-state index contributed by atoms with van der Waals surface area (Å²) < 4.78 is 5.74. The van der Waals surface area contributed by atoms with Crippen molar-refractivity contribution >= 4 is 8.32 Å². The number of fused-ring (bicyclic) bond motifs is 3. The van der Waals surface area contributed by atoms with Gasteiger partial charge in [0.2, 0.25) is 0 Å². The van der Waals surface area contributed by atoms with E-state index in [1.54, 1.807) is 0 Å². The second-order valence-corrected chi connectivity index (χ2v) is 11.9. The third kappa shape index (κ3) is 8.05. The fraction of sp³-hybridized carbons (Fsp3) is 0.261. The average molecular weight is 509 g/mol. The van der Waals surface area contributed by atoms with Crippen LogP contribution in [0.2, 0.25) is 19.6 Å². The van der Waals surface area contributed by atoms with Gasteiger partial charge in [0.05, 0.1) is 0 Å². The molecular formula is C23H26Cl2OSiZr. The molecule has 0 unspecified atom stereocenters. The summed E-state index contributed by atoms with van der Waals surface area (Å²) in [6, 6.07) is 26.5. The Morgan fingerprint density at radius 2 is 1.57 bits per heavy atom. The molecule has 0 spiro atoms. The Kier molecular flexibility index (Phi) is 12.6. The molecule has 0 fully saturated rings. The number of halogens is 2. The number of hydrogen-bond donors (Lipinski definition) is 0. The topological polar surface area (TPSA) is 9.23 Å². The van der Waals surface area contributed by atoms with E-state index in [0.717, 1.165) is 19.4 Å². The summed E-state index contributed by atoms with van der Waals surface area (Å²) in [6.45, 7) is 7.54. The maximum Gasteiger partial charge on any atom is 4.00 e. The van der Waals surface area contributed by atoms with E-state index in [2.05, 4.69) is 86.4 Å². The molecule has 0 radical (unpaired) electrons. The Labute approximate surface area is 202 Å². The van der Waals surface area contributed by atoms with Crippen molar-refractivity contribution in [1.29, 1.82) is 0 Å². The van der Waals surface area contributed by atoms with Gasteiger partial charge in [-0.05, 0) is 26.1 Å². The quantitative estimate of drug-likeness (QED) is 0.276. The maximum atomic E-state index is 5.74. The van der Waals surface area contributed by atoms with E-state index < -0.39 is 8.32 Å². The third-order valence-electron chi connectivity index (χ3n) is 4.27. The molecule has 1 nitrogen and oxygen atoms in total. The minimum Gasteiger partial charge on any atom is -1.00 e. The van der Waals surface area contributed by atoms with Gasteiger partial charge in [0.15, 0.2) is 8.32 Å². The van der Waals surface area contributed by atoms with Crippen LogP contribution >= 0.6 is 0 Å². The van der Waals surface area contributed by atoms with Crippen LogP contribution in [0, 0.1) is 6.07 Å². The molecule has 1 aliphatic carbocycles. The first-order valence-corrected chi connectivity index (χ1v) is 12.4. The summed E-state index contributed by atoms with van der Waals surface area (Å²) in [5.74, 6) is 0. The SMILES string of the molecule is C[Si](C)(C)OCC[c-]1cccc1.[Cl-].[Cl-].[Zr+4].[c-]1cccc2c1Cc1ccccc1-2. The molecule has 3 aromatic carbocycles. The van der Waals surface area contributed by atoms with Crippen LogP contribution in [0.1, 0.15) is 16.7 Å². The van der Waals surface area contributed by atoms with Crippen molar-refractivity contribution in [2.45, 2.75) is 32.5 Å². The summed E-state index contributed by atoms with van der Waals surface area (Å²) in [5, 5.41) is 0. The summed E-state index contributed by atoms with van der Waals surface area (Å²) in [6.07, 6.45) is 2.10.